The van der Waals surface area contributed by atoms with Gasteiger partial charge in [-0.2, -0.15) is 11.8 Å². The van der Waals surface area contributed by atoms with Crippen LogP contribution in [0.3, 0.4) is 0 Å². The molecule has 1 aromatic rings. The fraction of sp³-hybridized carbons (Fsp3) is 0.500. The van der Waals surface area contributed by atoms with Crippen molar-refractivity contribution in [3.05, 3.63) is 24.0 Å². The molecule has 17 heavy (non-hydrogen) atoms. The van der Waals surface area contributed by atoms with Gasteiger partial charge in [-0.25, -0.2) is 4.98 Å². The van der Waals surface area contributed by atoms with Gasteiger partial charge in [0.15, 0.2) is 0 Å². The normalized spacial score (nSPS) is 10.2. The van der Waals surface area contributed by atoms with Gasteiger partial charge in [0.1, 0.15) is 5.69 Å². The number of carbonyl (C=O) groups is 1. The van der Waals surface area contributed by atoms with Crippen LogP contribution in [-0.4, -0.2) is 29.4 Å². The van der Waals surface area contributed by atoms with Gasteiger partial charge in [0, 0.05) is 6.54 Å². The molecule has 94 valence electrons. The van der Waals surface area contributed by atoms with Crippen molar-refractivity contribution in [2.75, 3.05) is 24.3 Å². The Bertz CT molecular complexity index is 340. The summed E-state index contributed by atoms with van der Waals surface area (Å²) >= 11 is 1.85. The molecule has 0 spiro atoms. The van der Waals surface area contributed by atoms with Gasteiger partial charge in [-0.05, 0) is 37.0 Å². The molecule has 0 saturated carbocycles. The second-order valence-electron chi connectivity index (χ2n) is 3.79. The molecule has 0 aliphatic heterocycles. The number of aromatic nitrogens is 1. The number of unbranched alkanes of at least 4 members (excludes halogenated alkanes) is 2. The molecule has 1 aromatic heterocycles. The second kappa shape index (κ2) is 7.95. The maximum atomic E-state index is 11.6. The lowest BCUT2D eigenvalue weighted by molar-refractivity contribution is 0.0948. The van der Waals surface area contributed by atoms with Crippen LogP contribution in [0.5, 0.6) is 0 Å². The molecule has 0 aliphatic carbocycles. The lowest BCUT2D eigenvalue weighted by Crippen LogP contribution is -2.25. The second-order valence-corrected chi connectivity index (χ2v) is 4.77. The van der Waals surface area contributed by atoms with Gasteiger partial charge in [0.25, 0.3) is 5.91 Å². The number of nitrogens with two attached hydrogens (primary N) is 1. The van der Waals surface area contributed by atoms with Gasteiger partial charge in [-0.3, -0.25) is 4.79 Å². The first-order valence-corrected chi connectivity index (χ1v) is 7.12. The maximum absolute atomic E-state index is 11.6. The Kier molecular flexibility index (Phi) is 6.47. The lowest BCUT2D eigenvalue weighted by Gasteiger charge is -2.04. The third-order valence-electron chi connectivity index (χ3n) is 2.33. The number of hydrogen-bond acceptors (Lipinski definition) is 4. The topological polar surface area (TPSA) is 68.0 Å². The number of pyridine rings is 1. The average molecular weight is 253 g/mol. The predicted octanol–water partition coefficient (Wildman–Crippen LogP) is 1.93. The van der Waals surface area contributed by atoms with E-state index in [2.05, 4.69) is 16.6 Å². The first-order valence-electron chi connectivity index (χ1n) is 5.72. The number of nitrogens with zero attached hydrogens (tertiary/aromatic N) is 1. The molecule has 5 heteroatoms. The standard InChI is InChI=1S/C12H19N3OS/c1-17-8-4-2-3-7-14-12(16)11-6-5-10(13)9-15-11/h5-6,9H,2-4,7-8,13H2,1H3,(H,14,16). The fourth-order valence-corrected chi connectivity index (χ4v) is 1.87. The van der Waals surface area contributed by atoms with Crippen LogP contribution in [-0.2, 0) is 0 Å². The van der Waals surface area contributed by atoms with Crippen molar-refractivity contribution < 1.29 is 4.79 Å². The van der Waals surface area contributed by atoms with Gasteiger partial charge >= 0.3 is 0 Å². The van der Waals surface area contributed by atoms with Crippen molar-refractivity contribution in [2.45, 2.75) is 19.3 Å². The zero-order chi connectivity index (χ0) is 12.5. The Labute approximate surface area is 106 Å². The number of rotatable bonds is 7. The molecule has 3 N–H and O–H groups in total. The Balaban J connectivity index is 2.19. The van der Waals surface area contributed by atoms with Gasteiger partial charge in [0.05, 0.1) is 11.9 Å². The molecule has 0 unspecified atom stereocenters. The van der Waals surface area contributed by atoms with E-state index in [9.17, 15) is 4.79 Å². The summed E-state index contributed by atoms with van der Waals surface area (Å²) in [6, 6.07) is 3.32. The molecule has 1 rings (SSSR count). The largest absolute Gasteiger partial charge is 0.397 e. The van der Waals surface area contributed by atoms with E-state index in [1.54, 1.807) is 12.1 Å². The molecular weight excluding hydrogens is 234 g/mol. The van der Waals surface area contributed by atoms with Gasteiger partial charge in [-0.15, -0.1) is 0 Å². The highest BCUT2D eigenvalue weighted by atomic mass is 32.2. The van der Waals surface area contributed by atoms with E-state index in [4.69, 9.17) is 5.73 Å². The number of hydrogen-bond donors (Lipinski definition) is 2. The third-order valence-corrected chi connectivity index (χ3v) is 3.03. The van der Waals surface area contributed by atoms with Crippen LogP contribution in [0.2, 0.25) is 0 Å². The summed E-state index contributed by atoms with van der Waals surface area (Å²) in [7, 11) is 0. The van der Waals surface area contributed by atoms with E-state index >= 15 is 0 Å². The Morgan fingerprint density at radius 1 is 1.41 bits per heavy atom. The number of nitrogens with one attached hydrogen (secondary N) is 1. The average Bonchev–Trinajstić information content (AvgIpc) is 2.34. The van der Waals surface area contributed by atoms with Crippen LogP contribution in [0.25, 0.3) is 0 Å². The molecule has 0 aromatic carbocycles. The highest BCUT2D eigenvalue weighted by molar-refractivity contribution is 7.98. The van der Waals surface area contributed by atoms with E-state index in [0.29, 0.717) is 17.9 Å². The van der Waals surface area contributed by atoms with E-state index in [1.165, 1.54) is 18.4 Å². The Morgan fingerprint density at radius 2 is 2.24 bits per heavy atom. The van der Waals surface area contributed by atoms with E-state index < -0.39 is 0 Å². The molecule has 0 fully saturated rings. The fourth-order valence-electron chi connectivity index (χ4n) is 1.38. The molecule has 0 bridgehead atoms. The lowest BCUT2D eigenvalue weighted by atomic mass is 10.2. The summed E-state index contributed by atoms with van der Waals surface area (Å²) in [6.07, 6.45) is 6.97. The number of thioether (sulfide) groups is 1. The number of nitrogen functional groups attached to an aromatic ring is 1. The number of carbonyl (C=O) groups excluding carboxylic acids is 1. The maximum Gasteiger partial charge on any atom is 0.269 e. The minimum Gasteiger partial charge on any atom is -0.397 e. The Morgan fingerprint density at radius 3 is 2.88 bits per heavy atom. The molecule has 1 heterocycles. The molecule has 4 nitrogen and oxygen atoms in total. The summed E-state index contributed by atoms with van der Waals surface area (Å²) in [5.41, 5.74) is 6.49. The van der Waals surface area contributed by atoms with Crippen molar-refractivity contribution in [1.29, 1.82) is 0 Å². The van der Waals surface area contributed by atoms with Crippen molar-refractivity contribution in [3.63, 3.8) is 0 Å². The minimum atomic E-state index is -0.130. The van der Waals surface area contributed by atoms with Gasteiger partial charge in [0.2, 0.25) is 0 Å². The van der Waals surface area contributed by atoms with Crippen LogP contribution < -0.4 is 11.1 Å². The number of anilines is 1. The molecule has 0 radical (unpaired) electrons. The summed E-state index contributed by atoms with van der Waals surface area (Å²) in [5, 5.41) is 2.85. The molecular formula is C12H19N3OS. The van der Waals surface area contributed by atoms with Crippen LogP contribution in [0.1, 0.15) is 29.8 Å². The molecule has 0 atom stereocenters. The highest BCUT2D eigenvalue weighted by Gasteiger charge is 2.05. The summed E-state index contributed by atoms with van der Waals surface area (Å²) < 4.78 is 0. The van der Waals surface area contributed by atoms with Crippen LogP contribution in [0, 0.1) is 0 Å². The van der Waals surface area contributed by atoms with Crippen molar-refractivity contribution >= 4 is 23.4 Å². The quantitative estimate of drug-likeness (QED) is 0.729. The van der Waals surface area contributed by atoms with E-state index in [-0.39, 0.29) is 5.91 Å². The molecule has 0 saturated heterocycles. The van der Waals surface area contributed by atoms with Crippen LogP contribution in [0.15, 0.2) is 18.3 Å². The number of amides is 1. The molecule has 1 amide bonds. The van der Waals surface area contributed by atoms with Crippen molar-refractivity contribution in [1.82, 2.24) is 10.3 Å². The van der Waals surface area contributed by atoms with Crippen LogP contribution in [0.4, 0.5) is 5.69 Å². The van der Waals surface area contributed by atoms with Crippen molar-refractivity contribution in [2.24, 2.45) is 0 Å². The van der Waals surface area contributed by atoms with E-state index in [0.717, 1.165) is 12.8 Å². The summed E-state index contributed by atoms with van der Waals surface area (Å²) in [4.78, 5) is 15.6. The van der Waals surface area contributed by atoms with Crippen molar-refractivity contribution in [3.8, 4) is 0 Å². The molecule has 0 aliphatic rings. The first-order chi connectivity index (χ1) is 8.24. The highest BCUT2D eigenvalue weighted by Crippen LogP contribution is 2.03. The zero-order valence-corrected chi connectivity index (χ0v) is 10.9. The SMILES string of the molecule is CSCCCCCNC(=O)c1ccc(N)cn1. The minimum absolute atomic E-state index is 0.130. The Hall–Kier alpha value is -1.23. The zero-order valence-electron chi connectivity index (χ0n) is 10.1. The van der Waals surface area contributed by atoms with Crippen LogP contribution >= 0.6 is 11.8 Å². The van der Waals surface area contributed by atoms with E-state index in [1.807, 2.05) is 11.8 Å². The third kappa shape index (κ3) is 5.58. The summed E-state index contributed by atoms with van der Waals surface area (Å²) in [5.74, 6) is 1.06. The van der Waals surface area contributed by atoms with Gasteiger partial charge < -0.3 is 11.1 Å². The first kappa shape index (κ1) is 13.8. The predicted molar refractivity (Wildman–Crippen MR) is 73.2 cm³/mol. The van der Waals surface area contributed by atoms with Gasteiger partial charge in [-0.1, -0.05) is 6.42 Å². The smallest absolute Gasteiger partial charge is 0.269 e. The summed E-state index contributed by atoms with van der Waals surface area (Å²) in [6.45, 7) is 0.708. The monoisotopic (exact) mass is 253 g/mol.